The summed E-state index contributed by atoms with van der Waals surface area (Å²) >= 11 is 0. The van der Waals surface area contributed by atoms with Crippen molar-refractivity contribution in [1.82, 2.24) is 9.80 Å². The Morgan fingerprint density at radius 3 is 2.26 bits per heavy atom. The van der Waals surface area contributed by atoms with Crippen LogP contribution in [0.5, 0.6) is 0 Å². The molecule has 2 aliphatic heterocycles. The monoisotopic (exact) mass is 328 g/mol. The summed E-state index contributed by atoms with van der Waals surface area (Å²) in [5, 5.41) is 29.1. The number of carbonyl (C=O) groups excluding carboxylic acids is 1. The van der Waals surface area contributed by atoms with Crippen molar-refractivity contribution in [3.63, 3.8) is 0 Å². The number of aliphatic hydroxyl groups is 3. The fourth-order valence-electron chi connectivity index (χ4n) is 3.63. The van der Waals surface area contributed by atoms with Gasteiger partial charge in [0.1, 0.15) is 0 Å². The third-order valence-electron chi connectivity index (χ3n) is 5.14. The normalized spacial score (nSPS) is 31.4. The summed E-state index contributed by atoms with van der Waals surface area (Å²) in [5.41, 5.74) is -0.331. The summed E-state index contributed by atoms with van der Waals surface area (Å²) in [6.45, 7) is 8.65. The zero-order valence-corrected chi connectivity index (χ0v) is 14.6. The Bertz CT molecular complexity index is 402. The molecular weight excluding hydrogens is 296 g/mol. The molecule has 2 aliphatic rings. The van der Waals surface area contributed by atoms with Crippen LogP contribution in [0.1, 0.15) is 40.0 Å². The van der Waals surface area contributed by atoms with E-state index in [4.69, 9.17) is 0 Å². The molecule has 23 heavy (non-hydrogen) atoms. The predicted molar refractivity (Wildman–Crippen MR) is 87.8 cm³/mol. The lowest BCUT2D eigenvalue weighted by molar-refractivity contribution is -0.141. The molecule has 2 rings (SSSR count). The van der Waals surface area contributed by atoms with Crippen LogP contribution in [0.3, 0.4) is 0 Å². The van der Waals surface area contributed by atoms with E-state index < -0.39 is 12.2 Å². The van der Waals surface area contributed by atoms with Gasteiger partial charge in [0.25, 0.3) is 0 Å². The van der Waals surface area contributed by atoms with E-state index in [0.717, 1.165) is 32.5 Å². The highest BCUT2D eigenvalue weighted by Crippen LogP contribution is 2.26. The van der Waals surface area contributed by atoms with E-state index in [-0.39, 0.29) is 24.0 Å². The van der Waals surface area contributed by atoms with Gasteiger partial charge in [-0.3, -0.25) is 9.69 Å². The van der Waals surface area contributed by atoms with Gasteiger partial charge in [-0.15, -0.1) is 0 Å². The number of hydrogen-bond acceptors (Lipinski definition) is 5. The number of piperidine rings is 2. The molecule has 0 saturated carbocycles. The van der Waals surface area contributed by atoms with Crippen molar-refractivity contribution in [2.75, 3.05) is 32.8 Å². The maximum absolute atomic E-state index is 12.3. The second kappa shape index (κ2) is 7.47. The van der Waals surface area contributed by atoms with E-state index in [1.54, 1.807) is 0 Å². The van der Waals surface area contributed by atoms with Gasteiger partial charge in [-0.25, -0.2) is 0 Å². The van der Waals surface area contributed by atoms with Gasteiger partial charge in [-0.05, 0) is 25.2 Å². The number of amides is 1. The summed E-state index contributed by atoms with van der Waals surface area (Å²) in [5.74, 6) is 0.677. The van der Waals surface area contributed by atoms with Gasteiger partial charge in [-0.2, -0.15) is 0 Å². The average Bonchev–Trinajstić information content (AvgIpc) is 2.50. The third kappa shape index (κ3) is 4.66. The quantitative estimate of drug-likeness (QED) is 0.682. The van der Waals surface area contributed by atoms with Crippen molar-refractivity contribution >= 4 is 5.91 Å². The zero-order chi connectivity index (χ0) is 17.2. The summed E-state index contributed by atoms with van der Waals surface area (Å²) < 4.78 is 0. The van der Waals surface area contributed by atoms with E-state index in [2.05, 4.69) is 4.90 Å². The van der Waals surface area contributed by atoms with Crippen molar-refractivity contribution in [1.29, 1.82) is 0 Å². The number of hydrogen-bond donors (Lipinski definition) is 3. The van der Waals surface area contributed by atoms with Crippen molar-refractivity contribution in [3.8, 4) is 0 Å². The first-order valence-corrected chi connectivity index (χ1v) is 8.72. The molecule has 134 valence electrons. The molecule has 0 aliphatic carbocycles. The zero-order valence-electron chi connectivity index (χ0n) is 14.6. The topological polar surface area (TPSA) is 84.2 Å². The molecule has 3 atom stereocenters. The molecule has 0 radical (unpaired) electrons. The van der Waals surface area contributed by atoms with E-state index >= 15 is 0 Å². The molecule has 3 N–H and O–H groups in total. The Labute approximate surface area is 139 Å². The van der Waals surface area contributed by atoms with Crippen LogP contribution >= 0.6 is 0 Å². The van der Waals surface area contributed by atoms with Gasteiger partial charge in [0.2, 0.25) is 5.91 Å². The van der Waals surface area contributed by atoms with Crippen LogP contribution in [0.4, 0.5) is 0 Å². The molecule has 2 saturated heterocycles. The van der Waals surface area contributed by atoms with Crippen molar-refractivity contribution in [2.24, 2.45) is 11.3 Å². The molecule has 0 aromatic rings. The predicted octanol–water partition coefficient (Wildman–Crippen LogP) is 0.0595. The lowest BCUT2D eigenvalue weighted by Gasteiger charge is -2.43. The summed E-state index contributed by atoms with van der Waals surface area (Å²) in [6, 6.07) is -0.0809. The molecule has 2 fully saturated rings. The number of carbonyl (C=O) groups is 1. The smallest absolute Gasteiger partial charge is 0.227 e. The van der Waals surface area contributed by atoms with Crippen molar-refractivity contribution in [2.45, 2.75) is 58.3 Å². The first-order chi connectivity index (χ1) is 10.7. The molecule has 6 heteroatoms. The standard InChI is InChI=1S/C17H32N2O4/c1-17(2,3)16(23)18-6-4-12(5-7-18)9-19-10-15(22)14(21)8-13(19)11-20/h12-15,20-22H,4-11H2,1-3H3/t13-,14?,15+/m1/s1. The number of β-amino-alcohol motifs (C(OH)–C–C–N with tert-alkyl or cyclic N) is 1. The van der Waals surface area contributed by atoms with Crippen LogP contribution in [0, 0.1) is 11.3 Å². The van der Waals surface area contributed by atoms with Gasteiger partial charge in [0.05, 0.1) is 18.8 Å². The first-order valence-electron chi connectivity index (χ1n) is 8.72. The molecule has 0 aromatic carbocycles. The average molecular weight is 328 g/mol. The third-order valence-corrected chi connectivity index (χ3v) is 5.14. The first kappa shape index (κ1) is 18.6. The van der Waals surface area contributed by atoms with Crippen molar-refractivity contribution in [3.05, 3.63) is 0 Å². The van der Waals surface area contributed by atoms with Crippen LogP contribution in [0.15, 0.2) is 0 Å². The van der Waals surface area contributed by atoms with E-state index in [1.165, 1.54) is 0 Å². The van der Waals surface area contributed by atoms with Crippen LogP contribution in [0.2, 0.25) is 0 Å². The van der Waals surface area contributed by atoms with Crippen LogP contribution in [-0.4, -0.2) is 82.1 Å². The maximum Gasteiger partial charge on any atom is 0.227 e. The largest absolute Gasteiger partial charge is 0.395 e. The van der Waals surface area contributed by atoms with Crippen molar-refractivity contribution < 1.29 is 20.1 Å². The summed E-state index contributed by atoms with van der Waals surface area (Å²) in [6.07, 6.45) is 0.846. The lowest BCUT2D eigenvalue weighted by atomic mass is 9.89. The fourth-order valence-corrected chi connectivity index (χ4v) is 3.63. The highest BCUT2D eigenvalue weighted by Gasteiger charge is 2.36. The molecular formula is C17H32N2O4. The van der Waals surface area contributed by atoms with E-state index in [9.17, 15) is 20.1 Å². The second-order valence-electron chi connectivity index (χ2n) is 8.15. The fraction of sp³-hybridized carbons (Fsp3) is 0.941. The number of aliphatic hydroxyl groups excluding tert-OH is 3. The minimum Gasteiger partial charge on any atom is -0.395 e. The SMILES string of the molecule is CC(C)(C)C(=O)N1CCC(CN2C[C@H](O)C(O)C[C@@H]2CO)CC1. The highest BCUT2D eigenvalue weighted by molar-refractivity contribution is 5.81. The van der Waals surface area contributed by atoms with Crippen LogP contribution in [0.25, 0.3) is 0 Å². The second-order valence-corrected chi connectivity index (χ2v) is 8.15. The number of rotatable bonds is 3. The molecule has 0 bridgehead atoms. The minimum atomic E-state index is -0.741. The summed E-state index contributed by atoms with van der Waals surface area (Å²) in [4.78, 5) is 16.4. The summed E-state index contributed by atoms with van der Waals surface area (Å²) in [7, 11) is 0. The number of nitrogens with zero attached hydrogens (tertiary/aromatic N) is 2. The van der Waals surface area contributed by atoms with Crippen LogP contribution < -0.4 is 0 Å². The van der Waals surface area contributed by atoms with E-state index in [0.29, 0.717) is 18.9 Å². The van der Waals surface area contributed by atoms with Gasteiger partial charge < -0.3 is 20.2 Å². The molecule has 2 heterocycles. The van der Waals surface area contributed by atoms with Gasteiger partial charge in [0, 0.05) is 37.6 Å². The number of likely N-dealkylation sites (tertiary alicyclic amines) is 2. The minimum absolute atomic E-state index is 0.00509. The Kier molecular flexibility index (Phi) is 6.05. The Morgan fingerprint density at radius 1 is 1.13 bits per heavy atom. The highest BCUT2D eigenvalue weighted by atomic mass is 16.3. The molecule has 1 unspecified atom stereocenters. The van der Waals surface area contributed by atoms with Crippen LogP contribution in [-0.2, 0) is 4.79 Å². The molecule has 0 spiro atoms. The van der Waals surface area contributed by atoms with Gasteiger partial charge in [-0.1, -0.05) is 20.8 Å². The maximum atomic E-state index is 12.3. The molecule has 6 nitrogen and oxygen atoms in total. The van der Waals surface area contributed by atoms with Gasteiger partial charge >= 0.3 is 0 Å². The Balaban J connectivity index is 1.85. The van der Waals surface area contributed by atoms with E-state index in [1.807, 2.05) is 25.7 Å². The molecule has 0 aromatic heterocycles. The van der Waals surface area contributed by atoms with Gasteiger partial charge in [0.15, 0.2) is 0 Å². The Hall–Kier alpha value is -0.690. The Morgan fingerprint density at radius 2 is 1.74 bits per heavy atom. The molecule has 1 amide bonds. The lowest BCUT2D eigenvalue weighted by Crippen LogP contribution is -2.55.